The first-order chi connectivity index (χ1) is 8.60. The largest absolute Gasteiger partial charge is 0.352 e. The third-order valence-corrected chi connectivity index (χ3v) is 3.60. The topological polar surface area (TPSA) is 58.1 Å². The number of rotatable bonds is 6. The molecule has 2 rings (SSSR count). The highest BCUT2D eigenvalue weighted by Crippen LogP contribution is 2.39. The smallest absolute Gasteiger partial charge is 0.239 e. The van der Waals surface area contributed by atoms with E-state index in [0.29, 0.717) is 12.5 Å². The Bertz CT molecular complexity index is 414. The standard InChI is InChI=1S/C12H20N4OS/c1-4-16(7-10(17)13-8(2)3)12-14-11(15-18-12)9-5-6-9/h8-9H,4-7H2,1-3H3,(H,13,17). The molecule has 0 aromatic carbocycles. The summed E-state index contributed by atoms with van der Waals surface area (Å²) < 4.78 is 4.37. The highest BCUT2D eigenvalue weighted by molar-refractivity contribution is 7.09. The fourth-order valence-corrected chi connectivity index (χ4v) is 2.53. The number of aromatic nitrogens is 2. The van der Waals surface area contributed by atoms with E-state index in [1.165, 1.54) is 24.4 Å². The Kier molecular flexibility index (Phi) is 4.16. The van der Waals surface area contributed by atoms with Crippen molar-refractivity contribution in [3.63, 3.8) is 0 Å². The summed E-state index contributed by atoms with van der Waals surface area (Å²) in [5, 5.41) is 3.75. The molecular formula is C12H20N4OS. The fraction of sp³-hybridized carbons (Fsp3) is 0.750. The second-order valence-electron chi connectivity index (χ2n) is 4.95. The second-order valence-corrected chi connectivity index (χ2v) is 5.68. The summed E-state index contributed by atoms with van der Waals surface area (Å²) in [6.07, 6.45) is 2.41. The molecule has 6 heteroatoms. The van der Waals surface area contributed by atoms with Crippen LogP contribution in [0.2, 0.25) is 0 Å². The van der Waals surface area contributed by atoms with Crippen molar-refractivity contribution in [2.75, 3.05) is 18.0 Å². The summed E-state index contributed by atoms with van der Waals surface area (Å²) in [6.45, 7) is 7.08. The number of amides is 1. The van der Waals surface area contributed by atoms with Crippen LogP contribution in [0, 0.1) is 0 Å². The third kappa shape index (κ3) is 3.41. The van der Waals surface area contributed by atoms with Crippen LogP contribution in [0.1, 0.15) is 45.4 Å². The number of nitrogens with one attached hydrogen (secondary N) is 1. The summed E-state index contributed by atoms with van der Waals surface area (Å²) in [5.74, 6) is 1.56. The molecule has 0 saturated heterocycles. The van der Waals surface area contributed by atoms with E-state index in [1.54, 1.807) is 0 Å². The van der Waals surface area contributed by atoms with Crippen molar-refractivity contribution in [2.45, 2.75) is 45.6 Å². The summed E-state index contributed by atoms with van der Waals surface area (Å²) in [4.78, 5) is 18.3. The molecule has 1 N–H and O–H groups in total. The average Bonchev–Trinajstić information content (AvgIpc) is 3.04. The van der Waals surface area contributed by atoms with E-state index in [-0.39, 0.29) is 11.9 Å². The molecule has 1 aromatic rings. The number of hydrogen-bond donors (Lipinski definition) is 1. The summed E-state index contributed by atoms with van der Waals surface area (Å²) >= 11 is 1.40. The van der Waals surface area contributed by atoms with Gasteiger partial charge in [-0.05, 0) is 33.6 Å². The van der Waals surface area contributed by atoms with Gasteiger partial charge in [-0.3, -0.25) is 4.79 Å². The predicted octanol–water partition coefficient (Wildman–Crippen LogP) is 1.77. The van der Waals surface area contributed by atoms with Crippen LogP contribution in [0.5, 0.6) is 0 Å². The number of carbonyl (C=O) groups is 1. The van der Waals surface area contributed by atoms with Crippen molar-refractivity contribution < 1.29 is 4.79 Å². The molecule has 0 bridgehead atoms. The Morgan fingerprint density at radius 1 is 1.56 bits per heavy atom. The Morgan fingerprint density at radius 2 is 2.28 bits per heavy atom. The van der Waals surface area contributed by atoms with Gasteiger partial charge < -0.3 is 10.2 Å². The van der Waals surface area contributed by atoms with Crippen LogP contribution < -0.4 is 10.2 Å². The van der Waals surface area contributed by atoms with E-state index in [1.807, 2.05) is 25.7 Å². The molecule has 0 aliphatic heterocycles. The summed E-state index contributed by atoms with van der Waals surface area (Å²) in [5.41, 5.74) is 0. The molecule has 1 saturated carbocycles. The highest BCUT2D eigenvalue weighted by atomic mass is 32.1. The zero-order valence-corrected chi connectivity index (χ0v) is 12.0. The lowest BCUT2D eigenvalue weighted by molar-refractivity contribution is -0.120. The Morgan fingerprint density at radius 3 is 2.83 bits per heavy atom. The van der Waals surface area contributed by atoms with Crippen LogP contribution in [-0.2, 0) is 4.79 Å². The van der Waals surface area contributed by atoms with Crippen LogP contribution in [0.3, 0.4) is 0 Å². The predicted molar refractivity (Wildman–Crippen MR) is 73.0 cm³/mol. The van der Waals surface area contributed by atoms with Gasteiger partial charge in [0.05, 0.1) is 6.54 Å². The quantitative estimate of drug-likeness (QED) is 0.854. The second kappa shape index (κ2) is 5.65. The van der Waals surface area contributed by atoms with E-state index in [0.717, 1.165) is 17.5 Å². The molecular weight excluding hydrogens is 248 g/mol. The van der Waals surface area contributed by atoms with Crippen molar-refractivity contribution >= 4 is 22.6 Å². The molecule has 1 heterocycles. The summed E-state index contributed by atoms with van der Waals surface area (Å²) in [7, 11) is 0. The first-order valence-electron chi connectivity index (χ1n) is 6.48. The zero-order valence-electron chi connectivity index (χ0n) is 11.1. The number of nitrogens with zero attached hydrogens (tertiary/aromatic N) is 3. The molecule has 1 aromatic heterocycles. The van der Waals surface area contributed by atoms with Gasteiger partial charge in [-0.2, -0.15) is 4.37 Å². The Labute approximate surface area is 112 Å². The van der Waals surface area contributed by atoms with Gasteiger partial charge >= 0.3 is 0 Å². The van der Waals surface area contributed by atoms with Gasteiger partial charge in [0.1, 0.15) is 5.82 Å². The van der Waals surface area contributed by atoms with E-state index in [9.17, 15) is 4.79 Å². The minimum Gasteiger partial charge on any atom is -0.352 e. The molecule has 1 amide bonds. The molecule has 18 heavy (non-hydrogen) atoms. The molecule has 5 nitrogen and oxygen atoms in total. The molecule has 1 aliphatic rings. The lowest BCUT2D eigenvalue weighted by atomic mass is 10.4. The van der Waals surface area contributed by atoms with Crippen LogP contribution in [0.4, 0.5) is 5.13 Å². The van der Waals surface area contributed by atoms with Crippen LogP contribution in [0.25, 0.3) is 0 Å². The van der Waals surface area contributed by atoms with Gasteiger partial charge in [-0.15, -0.1) is 0 Å². The maximum absolute atomic E-state index is 11.8. The van der Waals surface area contributed by atoms with Crippen molar-refractivity contribution in [3.8, 4) is 0 Å². The molecule has 100 valence electrons. The fourth-order valence-electron chi connectivity index (χ4n) is 1.72. The van der Waals surface area contributed by atoms with Gasteiger partial charge in [0, 0.05) is 30.0 Å². The molecule has 1 aliphatic carbocycles. The third-order valence-electron chi connectivity index (χ3n) is 2.81. The van der Waals surface area contributed by atoms with E-state index in [4.69, 9.17) is 0 Å². The highest BCUT2D eigenvalue weighted by Gasteiger charge is 2.28. The number of hydrogen-bond acceptors (Lipinski definition) is 5. The normalized spacial score (nSPS) is 14.9. The first kappa shape index (κ1) is 13.3. The van der Waals surface area contributed by atoms with Gasteiger partial charge in [0.2, 0.25) is 11.0 Å². The number of likely N-dealkylation sites (N-methyl/N-ethyl adjacent to an activating group) is 1. The van der Waals surface area contributed by atoms with Crippen molar-refractivity contribution in [1.29, 1.82) is 0 Å². The maximum Gasteiger partial charge on any atom is 0.239 e. The first-order valence-corrected chi connectivity index (χ1v) is 7.25. The van der Waals surface area contributed by atoms with Gasteiger partial charge in [0.25, 0.3) is 0 Å². The summed E-state index contributed by atoms with van der Waals surface area (Å²) in [6, 6.07) is 0.174. The Hall–Kier alpha value is -1.17. The van der Waals surface area contributed by atoms with Gasteiger partial charge in [-0.1, -0.05) is 0 Å². The molecule has 0 unspecified atom stereocenters. The van der Waals surface area contributed by atoms with Gasteiger partial charge in [0.15, 0.2) is 0 Å². The molecule has 1 fully saturated rings. The van der Waals surface area contributed by atoms with Gasteiger partial charge in [-0.25, -0.2) is 4.98 Å². The maximum atomic E-state index is 11.8. The zero-order chi connectivity index (χ0) is 13.1. The van der Waals surface area contributed by atoms with Crippen LogP contribution in [-0.4, -0.2) is 34.4 Å². The monoisotopic (exact) mass is 268 g/mol. The minimum absolute atomic E-state index is 0.0371. The van der Waals surface area contributed by atoms with Crippen molar-refractivity contribution in [1.82, 2.24) is 14.7 Å². The lowest BCUT2D eigenvalue weighted by Crippen LogP contribution is -2.40. The van der Waals surface area contributed by atoms with E-state index < -0.39 is 0 Å². The lowest BCUT2D eigenvalue weighted by Gasteiger charge is -2.19. The number of anilines is 1. The van der Waals surface area contributed by atoms with E-state index >= 15 is 0 Å². The number of carbonyl (C=O) groups excluding carboxylic acids is 1. The van der Waals surface area contributed by atoms with Crippen LogP contribution >= 0.6 is 11.5 Å². The Balaban J connectivity index is 1.96. The van der Waals surface area contributed by atoms with Crippen molar-refractivity contribution in [2.24, 2.45) is 0 Å². The molecule has 0 atom stereocenters. The van der Waals surface area contributed by atoms with E-state index in [2.05, 4.69) is 14.7 Å². The minimum atomic E-state index is 0.0371. The SMILES string of the molecule is CCN(CC(=O)NC(C)C)c1nc(C2CC2)ns1. The average molecular weight is 268 g/mol. The molecule has 0 radical (unpaired) electrons. The van der Waals surface area contributed by atoms with Crippen LogP contribution in [0.15, 0.2) is 0 Å². The molecule has 0 spiro atoms. The van der Waals surface area contributed by atoms with Crippen molar-refractivity contribution in [3.05, 3.63) is 5.82 Å².